The lowest BCUT2D eigenvalue weighted by atomic mass is 10.00. The van der Waals surface area contributed by atoms with Crippen molar-refractivity contribution in [2.75, 3.05) is 5.32 Å². The van der Waals surface area contributed by atoms with Gasteiger partial charge in [0.15, 0.2) is 23.2 Å². The monoisotopic (exact) mass is 426 g/mol. The lowest BCUT2D eigenvalue weighted by Gasteiger charge is -2.20. The summed E-state index contributed by atoms with van der Waals surface area (Å²) in [6.45, 7) is 0. The van der Waals surface area contributed by atoms with E-state index in [0.717, 1.165) is 12.8 Å². The molecule has 2 saturated heterocycles. The van der Waals surface area contributed by atoms with Crippen LogP contribution in [-0.2, 0) is 4.79 Å². The first kappa shape index (κ1) is 19.3. The van der Waals surface area contributed by atoms with Crippen LogP contribution in [0, 0.1) is 17.5 Å². The van der Waals surface area contributed by atoms with Gasteiger partial charge in [0.25, 0.3) is 5.91 Å². The van der Waals surface area contributed by atoms with Crippen LogP contribution in [0.15, 0.2) is 35.2 Å². The zero-order valence-corrected chi connectivity index (χ0v) is 15.9. The number of amides is 1. The number of fused-ring (bicyclic) bond motifs is 2. The largest absolute Gasteiger partial charge is 0.322 e. The molecule has 2 bridgehead atoms. The fraction of sp³-hybridized carbons (Fsp3) is 0.263. The van der Waals surface area contributed by atoms with Crippen LogP contribution in [-0.4, -0.2) is 28.1 Å². The molecule has 0 aromatic heterocycles. The summed E-state index contributed by atoms with van der Waals surface area (Å²) >= 11 is 7.58. The molecule has 2 unspecified atom stereocenters. The number of anilines is 1. The second-order valence-corrected chi connectivity index (χ2v) is 8.17. The van der Waals surface area contributed by atoms with Gasteiger partial charge < -0.3 is 5.32 Å². The molecule has 2 heterocycles. The van der Waals surface area contributed by atoms with Crippen LogP contribution in [0.2, 0.25) is 5.02 Å². The number of nitrogens with zero attached hydrogens (tertiary/aromatic N) is 1. The Balaban J connectivity index is 1.53. The zero-order chi connectivity index (χ0) is 20.0. The van der Waals surface area contributed by atoms with Gasteiger partial charge in [0, 0.05) is 40.7 Å². The Morgan fingerprint density at radius 1 is 1.14 bits per heavy atom. The van der Waals surface area contributed by atoms with Crippen molar-refractivity contribution in [3.05, 3.63) is 58.4 Å². The highest BCUT2D eigenvalue weighted by Gasteiger charge is 2.46. The first-order valence-electron chi connectivity index (χ1n) is 8.58. The number of rotatable bonds is 4. The topological polar surface area (TPSA) is 49.4 Å². The summed E-state index contributed by atoms with van der Waals surface area (Å²) in [4.78, 5) is 25.0. The summed E-state index contributed by atoms with van der Waals surface area (Å²) in [7, 11) is 0. The number of hydrogen-bond donors (Lipinski definition) is 1. The molecule has 0 saturated carbocycles. The molecule has 9 heteroatoms. The van der Waals surface area contributed by atoms with Gasteiger partial charge in [-0.15, -0.1) is 0 Å². The molecule has 4 rings (SSSR count). The molecule has 1 N–H and O–H groups in total. The van der Waals surface area contributed by atoms with Crippen LogP contribution in [0.3, 0.4) is 0 Å². The quantitative estimate of drug-likeness (QED) is 0.562. The van der Waals surface area contributed by atoms with E-state index in [1.807, 2.05) is 4.31 Å². The van der Waals surface area contributed by atoms with Crippen molar-refractivity contribution in [3.63, 3.8) is 0 Å². The van der Waals surface area contributed by atoms with Crippen molar-refractivity contribution in [3.8, 4) is 0 Å². The fourth-order valence-electron chi connectivity index (χ4n) is 3.52. The molecule has 0 spiro atoms. The smallest absolute Gasteiger partial charge is 0.255 e. The third-order valence-corrected chi connectivity index (χ3v) is 6.63. The number of carbonyl (C=O) groups is 2. The third kappa shape index (κ3) is 3.52. The normalized spacial score (nSPS) is 21.4. The molecule has 146 valence electrons. The van der Waals surface area contributed by atoms with Gasteiger partial charge in [-0.3, -0.25) is 9.59 Å². The molecule has 4 nitrogen and oxygen atoms in total. The number of halogens is 4. The van der Waals surface area contributed by atoms with Gasteiger partial charge in [-0.2, -0.15) is 0 Å². The van der Waals surface area contributed by atoms with Crippen LogP contribution in [0.4, 0.5) is 18.9 Å². The molecular weight excluding hydrogens is 413 g/mol. The Bertz CT molecular complexity index is 965. The van der Waals surface area contributed by atoms with E-state index in [-0.39, 0.29) is 29.1 Å². The molecule has 2 aromatic carbocycles. The molecule has 2 aliphatic heterocycles. The van der Waals surface area contributed by atoms with Crippen LogP contribution in [0.5, 0.6) is 0 Å². The van der Waals surface area contributed by atoms with E-state index >= 15 is 0 Å². The summed E-state index contributed by atoms with van der Waals surface area (Å²) < 4.78 is 41.7. The van der Waals surface area contributed by atoms with Gasteiger partial charge >= 0.3 is 0 Å². The summed E-state index contributed by atoms with van der Waals surface area (Å²) in [5, 5.41) is 2.77. The third-order valence-electron chi connectivity index (χ3n) is 4.89. The van der Waals surface area contributed by atoms with Crippen LogP contribution in [0.1, 0.15) is 29.6 Å². The number of carbonyl (C=O) groups excluding carboxylic acids is 2. The number of hydrogen-bond acceptors (Lipinski definition) is 4. The minimum Gasteiger partial charge on any atom is -0.322 e. The van der Waals surface area contributed by atoms with Crippen molar-refractivity contribution < 1.29 is 22.8 Å². The Hall–Kier alpha value is -2.03. The van der Waals surface area contributed by atoms with Crippen molar-refractivity contribution in [2.45, 2.75) is 36.2 Å². The van der Waals surface area contributed by atoms with Crippen molar-refractivity contribution in [2.24, 2.45) is 0 Å². The van der Waals surface area contributed by atoms with E-state index in [9.17, 15) is 22.8 Å². The highest BCUT2D eigenvalue weighted by molar-refractivity contribution is 7.97. The van der Waals surface area contributed by atoms with Gasteiger partial charge in [-0.25, -0.2) is 17.5 Å². The molecule has 2 aromatic rings. The maximum atomic E-state index is 13.3. The molecule has 1 amide bonds. The summed E-state index contributed by atoms with van der Waals surface area (Å²) in [6, 6.07) is 6.02. The highest BCUT2D eigenvalue weighted by atomic mass is 35.5. The Morgan fingerprint density at radius 3 is 2.46 bits per heavy atom. The van der Waals surface area contributed by atoms with Crippen molar-refractivity contribution in [1.82, 2.24) is 4.31 Å². The van der Waals surface area contributed by atoms with E-state index in [1.165, 1.54) is 18.0 Å². The van der Waals surface area contributed by atoms with E-state index in [0.29, 0.717) is 28.5 Å². The van der Waals surface area contributed by atoms with Gasteiger partial charge in [-0.05, 0) is 43.0 Å². The molecule has 28 heavy (non-hydrogen) atoms. The first-order chi connectivity index (χ1) is 13.3. The molecule has 2 aliphatic rings. The number of nitrogens with one attached hydrogen (secondary N) is 1. The van der Waals surface area contributed by atoms with E-state index in [4.69, 9.17) is 11.6 Å². The molecule has 2 atom stereocenters. The minimum atomic E-state index is -1.60. The lowest BCUT2D eigenvalue weighted by molar-refractivity contribution is -0.119. The van der Waals surface area contributed by atoms with Crippen molar-refractivity contribution >= 4 is 40.9 Å². The molecule has 2 fully saturated rings. The number of Topliss-reactive ketones (excluding diaryl/α,β-unsaturated/α-hetero) is 1. The molecule has 0 radical (unpaired) electrons. The van der Waals surface area contributed by atoms with Gasteiger partial charge in [0.05, 0.1) is 11.1 Å². The molecular formula is C19H14ClF3N2O2S. The van der Waals surface area contributed by atoms with Gasteiger partial charge in [0.1, 0.15) is 0 Å². The van der Waals surface area contributed by atoms with E-state index in [1.54, 1.807) is 12.1 Å². The Labute approximate surface area is 168 Å². The lowest BCUT2D eigenvalue weighted by Crippen LogP contribution is -2.23. The van der Waals surface area contributed by atoms with Gasteiger partial charge in [-0.1, -0.05) is 11.6 Å². The van der Waals surface area contributed by atoms with Crippen molar-refractivity contribution in [1.29, 1.82) is 0 Å². The van der Waals surface area contributed by atoms with E-state index < -0.39 is 23.4 Å². The predicted octanol–water partition coefficient (Wildman–Crippen LogP) is 4.82. The van der Waals surface area contributed by atoms with Gasteiger partial charge in [0.2, 0.25) is 0 Å². The van der Waals surface area contributed by atoms with Crippen LogP contribution >= 0.6 is 23.5 Å². The Kier molecular flexibility index (Phi) is 5.11. The average Bonchev–Trinajstić information content (AvgIpc) is 3.16. The number of benzene rings is 2. The SMILES string of the molecule is O=C(Nc1cc(F)c(F)c(F)c1)c1ccc(Cl)c(SN2C3CCC2C(=O)C3)c1. The maximum absolute atomic E-state index is 13.3. The second-order valence-electron chi connectivity index (χ2n) is 6.72. The first-order valence-corrected chi connectivity index (χ1v) is 9.73. The second kappa shape index (κ2) is 7.42. The standard InChI is InChI=1S/C19H14ClF3N2O2S/c20-12-3-1-9(19(27)24-10-6-13(21)18(23)14(22)7-10)5-17(12)28-25-11-2-4-15(25)16(26)8-11/h1,3,5-7,11,15H,2,4,8H2,(H,24,27). The number of ketones is 1. The predicted molar refractivity (Wildman–Crippen MR) is 99.9 cm³/mol. The molecule has 0 aliphatic carbocycles. The Morgan fingerprint density at radius 2 is 1.86 bits per heavy atom. The summed E-state index contributed by atoms with van der Waals surface area (Å²) in [5.74, 6) is -4.79. The maximum Gasteiger partial charge on any atom is 0.255 e. The fourth-order valence-corrected chi connectivity index (χ4v) is 4.98. The summed E-state index contributed by atoms with van der Waals surface area (Å²) in [5.41, 5.74) is 0.0173. The van der Waals surface area contributed by atoms with E-state index in [2.05, 4.69) is 5.32 Å². The van der Waals surface area contributed by atoms with Crippen LogP contribution < -0.4 is 5.32 Å². The minimum absolute atomic E-state index is 0.131. The highest BCUT2D eigenvalue weighted by Crippen LogP contribution is 2.44. The van der Waals surface area contributed by atoms with Crippen LogP contribution in [0.25, 0.3) is 0 Å². The zero-order valence-electron chi connectivity index (χ0n) is 14.3. The average molecular weight is 427 g/mol. The summed E-state index contributed by atoms with van der Waals surface area (Å²) in [6.07, 6.45) is 2.29.